The van der Waals surface area contributed by atoms with Crippen LogP contribution in [0.4, 0.5) is 0 Å². The normalized spacial score (nSPS) is 8.93. The lowest BCUT2D eigenvalue weighted by Crippen LogP contribution is -1.76. The van der Waals surface area contributed by atoms with E-state index in [2.05, 4.69) is 16.9 Å². The maximum absolute atomic E-state index is 3.98. The lowest BCUT2D eigenvalue weighted by Gasteiger charge is -1.89. The van der Waals surface area contributed by atoms with Gasteiger partial charge in [0.2, 0.25) is 0 Å². The number of pyridine rings is 2. The zero-order chi connectivity index (χ0) is 10.9. The molecule has 2 aromatic rings. The highest BCUT2D eigenvalue weighted by Gasteiger charge is 1.80. The summed E-state index contributed by atoms with van der Waals surface area (Å²) in [7, 11) is 0. The van der Waals surface area contributed by atoms with E-state index in [0.717, 1.165) is 12.1 Å². The Bertz CT molecular complexity index is 357. The zero-order valence-electron chi connectivity index (χ0n) is 9.22. The molecule has 0 aliphatic carbocycles. The Kier molecular flexibility index (Phi) is 5.09. The summed E-state index contributed by atoms with van der Waals surface area (Å²) in [4.78, 5) is 7.87. The van der Waals surface area contributed by atoms with Gasteiger partial charge in [-0.1, -0.05) is 13.0 Å². The van der Waals surface area contributed by atoms with Gasteiger partial charge in [0.15, 0.2) is 0 Å². The molecule has 2 heterocycles. The fourth-order valence-electron chi connectivity index (χ4n) is 1.07. The van der Waals surface area contributed by atoms with Crippen molar-refractivity contribution in [2.45, 2.75) is 20.3 Å². The first-order chi connectivity index (χ1) is 7.33. The van der Waals surface area contributed by atoms with Crippen LogP contribution < -0.4 is 0 Å². The molecule has 2 aromatic heterocycles. The average Bonchev–Trinajstić information content (AvgIpc) is 2.32. The molecule has 0 fully saturated rings. The largest absolute Gasteiger partial charge is 0.265 e. The number of rotatable bonds is 1. The van der Waals surface area contributed by atoms with Crippen molar-refractivity contribution in [3.05, 3.63) is 60.2 Å². The summed E-state index contributed by atoms with van der Waals surface area (Å²) in [5.74, 6) is 0. The third kappa shape index (κ3) is 4.91. The van der Waals surface area contributed by atoms with Crippen LogP contribution in [0.2, 0.25) is 0 Å². The van der Waals surface area contributed by atoms with Crippen LogP contribution in [0.25, 0.3) is 0 Å². The fraction of sp³-hybridized carbons (Fsp3) is 0.231. The summed E-state index contributed by atoms with van der Waals surface area (Å²) in [6.45, 7) is 4.11. The van der Waals surface area contributed by atoms with Gasteiger partial charge in [-0.2, -0.15) is 0 Å². The maximum Gasteiger partial charge on any atom is 0.0372 e. The van der Waals surface area contributed by atoms with Crippen molar-refractivity contribution >= 4 is 0 Å². The molecule has 0 atom stereocenters. The lowest BCUT2D eigenvalue weighted by atomic mass is 10.2. The Morgan fingerprint density at radius 2 is 1.73 bits per heavy atom. The van der Waals surface area contributed by atoms with E-state index in [9.17, 15) is 0 Å². The third-order valence-corrected chi connectivity index (χ3v) is 1.97. The Labute approximate surface area is 91.0 Å². The molecule has 0 aliphatic heterocycles. The predicted molar refractivity (Wildman–Crippen MR) is 62.6 cm³/mol. The number of aromatic nitrogens is 2. The van der Waals surface area contributed by atoms with Gasteiger partial charge in [0.1, 0.15) is 0 Å². The van der Waals surface area contributed by atoms with E-state index in [-0.39, 0.29) is 0 Å². The van der Waals surface area contributed by atoms with Gasteiger partial charge in [-0.05, 0) is 43.2 Å². The highest BCUT2D eigenvalue weighted by molar-refractivity contribution is 5.08. The van der Waals surface area contributed by atoms with Crippen molar-refractivity contribution in [2.75, 3.05) is 0 Å². The van der Waals surface area contributed by atoms with Gasteiger partial charge in [-0.15, -0.1) is 0 Å². The quantitative estimate of drug-likeness (QED) is 0.707. The van der Waals surface area contributed by atoms with Gasteiger partial charge < -0.3 is 0 Å². The molecule has 0 amide bonds. The van der Waals surface area contributed by atoms with Crippen LogP contribution in [-0.4, -0.2) is 9.97 Å². The topological polar surface area (TPSA) is 25.8 Å². The first-order valence-corrected chi connectivity index (χ1v) is 5.09. The molecule has 0 saturated carbocycles. The van der Waals surface area contributed by atoms with Gasteiger partial charge in [-0.3, -0.25) is 9.97 Å². The molecule has 78 valence electrons. The predicted octanol–water partition coefficient (Wildman–Crippen LogP) is 3.03. The molecular formula is C13H16N2. The highest BCUT2D eigenvalue weighted by Crippen LogP contribution is 1.94. The molecule has 2 heteroatoms. The van der Waals surface area contributed by atoms with Crippen LogP contribution in [0.3, 0.4) is 0 Å². The van der Waals surface area contributed by atoms with E-state index >= 15 is 0 Å². The smallest absolute Gasteiger partial charge is 0.0372 e. The molecule has 15 heavy (non-hydrogen) atoms. The lowest BCUT2D eigenvalue weighted by molar-refractivity contribution is 1.12. The van der Waals surface area contributed by atoms with E-state index in [4.69, 9.17) is 0 Å². The van der Waals surface area contributed by atoms with Gasteiger partial charge in [0, 0.05) is 24.3 Å². The fourth-order valence-corrected chi connectivity index (χ4v) is 1.07. The summed E-state index contributed by atoms with van der Waals surface area (Å²) in [5, 5.41) is 0. The Balaban J connectivity index is 0.000000151. The first-order valence-electron chi connectivity index (χ1n) is 5.09. The van der Waals surface area contributed by atoms with Gasteiger partial charge in [0.05, 0.1) is 0 Å². The van der Waals surface area contributed by atoms with Gasteiger partial charge in [0.25, 0.3) is 0 Å². The first kappa shape index (κ1) is 11.4. The van der Waals surface area contributed by atoms with Crippen LogP contribution >= 0.6 is 0 Å². The second-order valence-electron chi connectivity index (χ2n) is 3.18. The van der Waals surface area contributed by atoms with E-state index in [1.807, 2.05) is 49.6 Å². The van der Waals surface area contributed by atoms with E-state index in [1.54, 1.807) is 6.20 Å². The van der Waals surface area contributed by atoms with E-state index < -0.39 is 0 Å². The van der Waals surface area contributed by atoms with E-state index in [0.29, 0.717) is 0 Å². The van der Waals surface area contributed by atoms with Crippen LogP contribution in [0, 0.1) is 6.92 Å². The molecule has 2 nitrogen and oxygen atoms in total. The second-order valence-corrected chi connectivity index (χ2v) is 3.18. The molecule has 0 radical (unpaired) electrons. The highest BCUT2D eigenvalue weighted by atomic mass is 14.6. The van der Waals surface area contributed by atoms with E-state index in [1.165, 1.54) is 5.56 Å². The van der Waals surface area contributed by atoms with Crippen molar-refractivity contribution in [1.82, 2.24) is 9.97 Å². The van der Waals surface area contributed by atoms with Crippen molar-refractivity contribution in [1.29, 1.82) is 0 Å². The molecule has 0 saturated heterocycles. The molecule has 0 bridgehead atoms. The van der Waals surface area contributed by atoms with Crippen molar-refractivity contribution < 1.29 is 0 Å². The minimum absolute atomic E-state index is 1.07. The minimum atomic E-state index is 1.07. The van der Waals surface area contributed by atoms with Crippen LogP contribution in [-0.2, 0) is 6.42 Å². The summed E-state index contributed by atoms with van der Waals surface area (Å²) < 4.78 is 0. The van der Waals surface area contributed by atoms with Crippen molar-refractivity contribution in [3.63, 3.8) is 0 Å². The summed E-state index contributed by atoms with van der Waals surface area (Å²) in [6.07, 6.45) is 6.52. The molecule has 0 spiro atoms. The SMILES string of the molecule is CCc1ccncc1.Cc1ccccn1. The van der Waals surface area contributed by atoms with Crippen LogP contribution in [0.15, 0.2) is 48.9 Å². The Morgan fingerprint density at radius 1 is 1.00 bits per heavy atom. The molecule has 0 N–H and O–H groups in total. The van der Waals surface area contributed by atoms with Crippen LogP contribution in [0.1, 0.15) is 18.2 Å². The second kappa shape index (κ2) is 6.71. The van der Waals surface area contributed by atoms with Gasteiger partial charge >= 0.3 is 0 Å². The molecule has 0 unspecified atom stereocenters. The molecule has 0 aromatic carbocycles. The molecular weight excluding hydrogens is 184 g/mol. The maximum atomic E-state index is 3.98. The van der Waals surface area contributed by atoms with Crippen molar-refractivity contribution in [3.8, 4) is 0 Å². The standard InChI is InChI=1S/C7H9N.C6H7N/c1-2-7-3-5-8-6-4-7;1-6-4-2-3-5-7-6/h3-6H,2H2,1H3;2-5H,1H3. The molecule has 2 rings (SSSR count). The Hall–Kier alpha value is -1.70. The van der Waals surface area contributed by atoms with Gasteiger partial charge in [-0.25, -0.2) is 0 Å². The summed E-state index contributed by atoms with van der Waals surface area (Å²) in [6, 6.07) is 9.91. The average molecular weight is 200 g/mol. The Morgan fingerprint density at radius 3 is 2.07 bits per heavy atom. The number of nitrogens with zero attached hydrogens (tertiary/aromatic N) is 2. The number of aryl methyl sites for hydroxylation is 2. The summed E-state index contributed by atoms with van der Waals surface area (Å²) in [5.41, 5.74) is 2.42. The number of hydrogen-bond donors (Lipinski definition) is 0. The number of hydrogen-bond acceptors (Lipinski definition) is 2. The van der Waals surface area contributed by atoms with Crippen LogP contribution in [0.5, 0.6) is 0 Å². The third-order valence-electron chi connectivity index (χ3n) is 1.97. The summed E-state index contributed by atoms with van der Waals surface area (Å²) >= 11 is 0. The monoisotopic (exact) mass is 200 g/mol. The zero-order valence-corrected chi connectivity index (χ0v) is 9.22. The molecule has 0 aliphatic rings. The minimum Gasteiger partial charge on any atom is -0.265 e. The van der Waals surface area contributed by atoms with Crippen molar-refractivity contribution in [2.24, 2.45) is 0 Å².